The highest BCUT2D eigenvalue weighted by atomic mass is 16.7. The number of aliphatic hydroxyl groups excluding tert-OH is 3. The summed E-state index contributed by atoms with van der Waals surface area (Å²) in [6.45, 7) is 4.22. The van der Waals surface area contributed by atoms with Crippen molar-refractivity contribution in [2.24, 2.45) is 0 Å². The number of hydrogen-bond donors (Lipinski definition) is 3. The summed E-state index contributed by atoms with van der Waals surface area (Å²) in [5.74, 6) is 0. The largest absolute Gasteiger partial charge is 0.388 e. The lowest BCUT2D eigenvalue weighted by atomic mass is 10.0. The summed E-state index contributed by atoms with van der Waals surface area (Å²) >= 11 is 0. The van der Waals surface area contributed by atoms with Gasteiger partial charge in [-0.25, -0.2) is 0 Å². The summed E-state index contributed by atoms with van der Waals surface area (Å²) in [6, 6.07) is 0. The maximum atomic E-state index is 9.62. The fourth-order valence-corrected chi connectivity index (χ4v) is 1.70. The highest BCUT2D eigenvalue weighted by Gasteiger charge is 2.42. The summed E-state index contributed by atoms with van der Waals surface area (Å²) in [6.07, 6.45) is -1.78. The van der Waals surface area contributed by atoms with Crippen molar-refractivity contribution in [2.75, 3.05) is 6.61 Å². The molecular weight excluding hydrogens is 212 g/mol. The molecule has 5 atom stereocenters. The zero-order valence-electron chi connectivity index (χ0n) is 9.87. The number of hydrogen-bond acceptors (Lipinski definition) is 5. The average Bonchev–Trinajstić information content (AvgIpc) is 2.28. The van der Waals surface area contributed by atoms with Crippen molar-refractivity contribution in [3.63, 3.8) is 0 Å². The van der Waals surface area contributed by atoms with Gasteiger partial charge in [0.1, 0.15) is 18.3 Å². The van der Waals surface area contributed by atoms with E-state index < -0.39 is 30.7 Å². The Labute approximate surface area is 96.0 Å². The van der Waals surface area contributed by atoms with Crippen molar-refractivity contribution in [3.8, 4) is 0 Å². The number of aliphatic hydroxyl groups is 3. The minimum absolute atomic E-state index is 0.491. The molecule has 1 aliphatic heterocycles. The molecule has 3 N–H and O–H groups in total. The van der Waals surface area contributed by atoms with E-state index in [0.29, 0.717) is 6.61 Å². The van der Waals surface area contributed by atoms with E-state index in [1.807, 2.05) is 0 Å². The fourth-order valence-electron chi connectivity index (χ4n) is 1.70. The molecule has 0 radical (unpaired) electrons. The predicted molar refractivity (Wildman–Crippen MR) is 57.8 cm³/mol. The third-order valence-corrected chi connectivity index (χ3v) is 2.84. The van der Waals surface area contributed by atoms with Gasteiger partial charge in [-0.05, 0) is 13.3 Å². The highest BCUT2D eigenvalue weighted by Crippen LogP contribution is 2.21. The van der Waals surface area contributed by atoms with Crippen LogP contribution in [0.1, 0.15) is 33.1 Å². The van der Waals surface area contributed by atoms with Crippen LogP contribution < -0.4 is 0 Å². The van der Waals surface area contributed by atoms with Crippen LogP contribution in [-0.2, 0) is 9.47 Å². The van der Waals surface area contributed by atoms with E-state index in [1.54, 1.807) is 6.92 Å². The number of ether oxygens (including phenoxy) is 2. The second kappa shape index (κ2) is 6.51. The first-order valence-electron chi connectivity index (χ1n) is 5.89. The van der Waals surface area contributed by atoms with Gasteiger partial charge in [0.25, 0.3) is 0 Å². The van der Waals surface area contributed by atoms with Gasteiger partial charge in [-0.3, -0.25) is 0 Å². The van der Waals surface area contributed by atoms with Crippen molar-refractivity contribution in [2.45, 2.75) is 63.8 Å². The van der Waals surface area contributed by atoms with E-state index in [4.69, 9.17) is 9.47 Å². The molecule has 0 amide bonds. The van der Waals surface area contributed by atoms with Crippen LogP contribution in [0.2, 0.25) is 0 Å². The Balaban J connectivity index is 2.35. The lowest BCUT2D eigenvalue weighted by Crippen LogP contribution is -2.57. The van der Waals surface area contributed by atoms with Crippen LogP contribution in [0.3, 0.4) is 0 Å². The van der Waals surface area contributed by atoms with Crippen molar-refractivity contribution in [1.29, 1.82) is 0 Å². The van der Waals surface area contributed by atoms with Gasteiger partial charge in [0, 0.05) is 6.61 Å². The first-order valence-corrected chi connectivity index (χ1v) is 5.89. The van der Waals surface area contributed by atoms with Crippen LogP contribution in [0.5, 0.6) is 0 Å². The molecule has 0 unspecified atom stereocenters. The lowest BCUT2D eigenvalue weighted by molar-refractivity contribution is -0.293. The third kappa shape index (κ3) is 3.40. The van der Waals surface area contributed by atoms with Gasteiger partial charge < -0.3 is 24.8 Å². The molecule has 0 aromatic rings. The van der Waals surface area contributed by atoms with Crippen LogP contribution in [0.4, 0.5) is 0 Å². The lowest BCUT2D eigenvalue weighted by Gasteiger charge is -2.38. The van der Waals surface area contributed by atoms with Crippen LogP contribution >= 0.6 is 0 Å². The Morgan fingerprint density at radius 1 is 1.06 bits per heavy atom. The Morgan fingerprint density at radius 2 is 1.75 bits per heavy atom. The van der Waals surface area contributed by atoms with E-state index in [1.165, 1.54) is 0 Å². The molecule has 5 heteroatoms. The van der Waals surface area contributed by atoms with Gasteiger partial charge in [0.2, 0.25) is 0 Å². The molecule has 1 heterocycles. The summed E-state index contributed by atoms with van der Waals surface area (Å²) in [5.41, 5.74) is 0. The molecule has 96 valence electrons. The van der Waals surface area contributed by atoms with Gasteiger partial charge in [-0.1, -0.05) is 19.8 Å². The standard InChI is InChI=1S/C11H22O5/c1-3-4-5-6-15-11-10(14)9(13)8(12)7(2)16-11/h7-14H,3-6H2,1-2H3/t7-,8+,9+,10-,11-/m0/s1. The smallest absolute Gasteiger partial charge is 0.186 e. The van der Waals surface area contributed by atoms with Crippen LogP contribution in [0.15, 0.2) is 0 Å². The zero-order valence-corrected chi connectivity index (χ0v) is 9.87. The molecular formula is C11H22O5. The summed E-state index contributed by atoms with van der Waals surface area (Å²) in [4.78, 5) is 0. The second-order valence-electron chi connectivity index (χ2n) is 4.26. The first-order chi connectivity index (χ1) is 7.57. The molecule has 0 aromatic carbocycles. The number of rotatable bonds is 5. The van der Waals surface area contributed by atoms with Crippen molar-refractivity contribution >= 4 is 0 Å². The van der Waals surface area contributed by atoms with E-state index in [9.17, 15) is 15.3 Å². The van der Waals surface area contributed by atoms with Crippen molar-refractivity contribution in [3.05, 3.63) is 0 Å². The van der Waals surface area contributed by atoms with Crippen LogP contribution in [-0.4, -0.2) is 52.6 Å². The van der Waals surface area contributed by atoms with Gasteiger partial charge >= 0.3 is 0 Å². The summed E-state index contributed by atoms with van der Waals surface area (Å²) in [5, 5.41) is 28.6. The summed E-state index contributed by atoms with van der Waals surface area (Å²) in [7, 11) is 0. The molecule has 1 aliphatic rings. The third-order valence-electron chi connectivity index (χ3n) is 2.84. The van der Waals surface area contributed by atoms with E-state index >= 15 is 0 Å². The van der Waals surface area contributed by atoms with E-state index in [-0.39, 0.29) is 0 Å². The fraction of sp³-hybridized carbons (Fsp3) is 1.00. The number of unbranched alkanes of at least 4 members (excludes halogenated alkanes) is 2. The van der Waals surface area contributed by atoms with Crippen LogP contribution in [0.25, 0.3) is 0 Å². The predicted octanol–water partition coefficient (Wildman–Crippen LogP) is 0.0207. The second-order valence-corrected chi connectivity index (χ2v) is 4.26. The molecule has 0 saturated carbocycles. The topological polar surface area (TPSA) is 79.2 Å². The minimum atomic E-state index is -1.21. The molecule has 1 fully saturated rings. The van der Waals surface area contributed by atoms with Gasteiger partial charge in [-0.15, -0.1) is 0 Å². The van der Waals surface area contributed by atoms with Crippen molar-refractivity contribution in [1.82, 2.24) is 0 Å². The normalized spacial score (nSPS) is 39.9. The molecule has 5 nitrogen and oxygen atoms in total. The molecule has 0 aliphatic carbocycles. The highest BCUT2D eigenvalue weighted by molar-refractivity contribution is 4.87. The summed E-state index contributed by atoms with van der Waals surface area (Å²) < 4.78 is 10.6. The van der Waals surface area contributed by atoms with Crippen LogP contribution in [0, 0.1) is 0 Å². The van der Waals surface area contributed by atoms with Gasteiger partial charge in [0.15, 0.2) is 6.29 Å². The maximum Gasteiger partial charge on any atom is 0.186 e. The first kappa shape index (κ1) is 13.9. The van der Waals surface area contributed by atoms with Gasteiger partial charge in [-0.2, -0.15) is 0 Å². The minimum Gasteiger partial charge on any atom is -0.388 e. The molecule has 1 saturated heterocycles. The average molecular weight is 234 g/mol. The quantitative estimate of drug-likeness (QED) is 0.584. The molecule has 0 bridgehead atoms. The SMILES string of the molecule is CCCCCO[C@H]1O[C@@H](C)[C@@H](O)[C@@H](O)[C@@H]1O. The molecule has 16 heavy (non-hydrogen) atoms. The van der Waals surface area contributed by atoms with Crippen molar-refractivity contribution < 1.29 is 24.8 Å². The molecule has 0 spiro atoms. The monoisotopic (exact) mass is 234 g/mol. The van der Waals surface area contributed by atoms with E-state index in [0.717, 1.165) is 19.3 Å². The Kier molecular flexibility index (Phi) is 5.64. The van der Waals surface area contributed by atoms with Gasteiger partial charge in [0.05, 0.1) is 6.10 Å². The molecule has 0 aromatic heterocycles. The van der Waals surface area contributed by atoms with E-state index in [2.05, 4.69) is 6.92 Å². The Morgan fingerprint density at radius 3 is 2.38 bits per heavy atom. The Bertz CT molecular complexity index is 199. The molecule has 1 rings (SSSR count). The maximum absolute atomic E-state index is 9.62. The zero-order chi connectivity index (χ0) is 12.1. The Hall–Kier alpha value is -0.200.